The third kappa shape index (κ3) is 25.7. The van der Waals surface area contributed by atoms with Gasteiger partial charge in [0.1, 0.15) is 0 Å². The van der Waals surface area contributed by atoms with Crippen LogP contribution in [0.15, 0.2) is 84.6 Å². The Hall–Kier alpha value is -2.23. The van der Waals surface area contributed by atoms with Crippen LogP contribution in [0.1, 0.15) is 157 Å². The van der Waals surface area contributed by atoms with E-state index in [1.165, 1.54) is 18.4 Å². The summed E-state index contributed by atoms with van der Waals surface area (Å²) < 4.78 is 12.1. The summed E-state index contributed by atoms with van der Waals surface area (Å²) in [6, 6.07) is 0. The lowest BCUT2D eigenvalue weighted by Crippen LogP contribution is -2.32. The summed E-state index contributed by atoms with van der Waals surface area (Å²) >= 11 is 0. The predicted molar refractivity (Wildman–Crippen MR) is 233 cm³/mol. The van der Waals surface area contributed by atoms with Crippen LogP contribution < -0.4 is 0 Å². The van der Waals surface area contributed by atoms with Gasteiger partial charge in [0.05, 0.1) is 22.9 Å². The molecule has 3 aliphatic rings. The minimum Gasteiger partial charge on any atom is -0.365 e. The number of hydrogen-bond donors (Lipinski definition) is 0. The Kier molecular flexibility index (Phi) is 24.9. The molecule has 300 valence electrons. The first kappa shape index (κ1) is 51.9. The maximum atomic E-state index is 10.3. The third-order valence-electron chi connectivity index (χ3n) is 8.89. The van der Waals surface area contributed by atoms with E-state index in [4.69, 9.17) is 9.47 Å². The van der Waals surface area contributed by atoms with Crippen molar-refractivity contribution in [3.63, 3.8) is 0 Å². The second kappa shape index (κ2) is 25.0. The molecule has 3 heteroatoms. The van der Waals surface area contributed by atoms with Gasteiger partial charge in [-0.2, -0.15) is 0 Å². The standard InChI is InChI=1S/2C13H22O.C8H16.C8H14.C7H12O/c1-9(2)6-7-13(5)11-8-10(11)12(3,4)14-13;1-10(2)6-8-13(5)9-7-12(14-13)11(3)4;2*1-7(2)5-6-8(3)4;1-6(2)4-5-7(3)8/h6-7,9-11H,8H2,1-5H3;6,8,10,12H,3,7,9H2,1-2,4-5H3;5,8H,6H2,1-4H3;5-6,8H,1H2,2-4H3;4-6H,1-3H3/b7-6+;8-6+;;6-5+;5-4+/t;12-,13+;;;/m.1.../s1. The van der Waals surface area contributed by atoms with Gasteiger partial charge in [0.2, 0.25) is 0 Å². The zero-order valence-electron chi connectivity index (χ0n) is 37.8. The van der Waals surface area contributed by atoms with Gasteiger partial charge in [-0.1, -0.05) is 148 Å². The van der Waals surface area contributed by atoms with E-state index in [0.717, 1.165) is 41.7 Å². The van der Waals surface area contributed by atoms with Gasteiger partial charge in [-0.15, -0.1) is 0 Å². The SMILES string of the molecule is C=C(C)/C=C/C(C)C.C=C(C)[C@H]1CC[C@](C)(/C=C/C(C)C)O1.CC(=O)/C=C/C(C)C.CC(C)/C=C/C1(C)OC(C)(C)C2CC21.CC(C)=CCC(C)C. The van der Waals surface area contributed by atoms with Gasteiger partial charge < -0.3 is 9.47 Å². The third-order valence-corrected chi connectivity index (χ3v) is 8.89. The number of allylic oxidation sites excluding steroid dienone is 9. The molecule has 1 aliphatic carbocycles. The molecule has 2 saturated heterocycles. The molecule has 0 N–H and O–H groups in total. The Bertz CT molecular complexity index is 1170. The van der Waals surface area contributed by atoms with Gasteiger partial charge in [-0.05, 0) is 135 Å². The highest BCUT2D eigenvalue weighted by atomic mass is 16.5. The first-order valence-corrected chi connectivity index (χ1v) is 20.2. The van der Waals surface area contributed by atoms with Gasteiger partial charge in [0, 0.05) is 0 Å². The predicted octanol–water partition coefficient (Wildman–Crippen LogP) is 14.7. The normalized spacial score (nSPS) is 25.8. The van der Waals surface area contributed by atoms with Gasteiger partial charge in [-0.25, -0.2) is 0 Å². The van der Waals surface area contributed by atoms with Crippen molar-refractivity contribution < 1.29 is 14.3 Å². The second-order valence-electron chi connectivity index (χ2n) is 18.4. The highest BCUT2D eigenvalue weighted by molar-refractivity contribution is 5.87. The van der Waals surface area contributed by atoms with E-state index in [1.54, 1.807) is 13.0 Å². The second-order valence-corrected chi connectivity index (χ2v) is 18.4. The van der Waals surface area contributed by atoms with Crippen molar-refractivity contribution >= 4 is 5.78 Å². The first-order chi connectivity index (χ1) is 23.7. The minimum atomic E-state index is -0.0616. The maximum Gasteiger partial charge on any atom is 0.152 e. The molecule has 5 atom stereocenters. The zero-order chi connectivity index (χ0) is 41.0. The number of carbonyl (C=O) groups excluding carboxylic acids is 1. The Balaban J connectivity index is 0. The number of ether oxygens (including phenoxy) is 2. The van der Waals surface area contributed by atoms with Crippen molar-refractivity contribution in [2.24, 2.45) is 41.4 Å². The highest BCUT2D eigenvalue weighted by Gasteiger charge is 2.64. The van der Waals surface area contributed by atoms with E-state index >= 15 is 0 Å². The molecule has 3 rings (SSSR count). The average molecular weight is 723 g/mol. The summed E-state index contributed by atoms with van der Waals surface area (Å²) in [5, 5.41) is 0. The van der Waals surface area contributed by atoms with E-state index in [-0.39, 0.29) is 28.7 Å². The Labute approximate surface area is 325 Å². The van der Waals surface area contributed by atoms with Crippen LogP contribution in [0.4, 0.5) is 0 Å². The van der Waals surface area contributed by atoms with Crippen molar-refractivity contribution in [2.75, 3.05) is 0 Å². The van der Waals surface area contributed by atoms with E-state index in [1.807, 2.05) is 39.8 Å². The van der Waals surface area contributed by atoms with E-state index in [2.05, 4.69) is 147 Å². The van der Waals surface area contributed by atoms with E-state index in [9.17, 15) is 4.79 Å². The number of carbonyl (C=O) groups is 1. The summed E-state index contributed by atoms with van der Waals surface area (Å²) in [7, 11) is 0. The van der Waals surface area contributed by atoms with Gasteiger partial charge >= 0.3 is 0 Å². The van der Waals surface area contributed by atoms with Crippen LogP contribution in [-0.2, 0) is 14.3 Å². The topological polar surface area (TPSA) is 35.5 Å². The molecule has 3 fully saturated rings. The Morgan fingerprint density at radius 3 is 1.46 bits per heavy atom. The van der Waals surface area contributed by atoms with Crippen LogP contribution in [0.2, 0.25) is 0 Å². The lowest BCUT2D eigenvalue weighted by atomic mass is 9.97. The smallest absolute Gasteiger partial charge is 0.152 e. The van der Waals surface area contributed by atoms with Crippen LogP contribution in [0.3, 0.4) is 0 Å². The number of hydrogen-bond acceptors (Lipinski definition) is 3. The monoisotopic (exact) mass is 723 g/mol. The van der Waals surface area contributed by atoms with Crippen molar-refractivity contribution in [2.45, 2.75) is 180 Å². The van der Waals surface area contributed by atoms with Crippen LogP contribution in [0, 0.1) is 41.4 Å². The molecule has 1 saturated carbocycles. The molecular weight excluding hydrogens is 637 g/mol. The lowest BCUT2D eigenvalue weighted by molar-refractivity contribution is -0.112. The average Bonchev–Trinajstić information content (AvgIpc) is 3.70. The molecule has 2 aliphatic heterocycles. The highest BCUT2D eigenvalue weighted by Crippen LogP contribution is 2.62. The van der Waals surface area contributed by atoms with E-state index in [0.29, 0.717) is 23.7 Å². The van der Waals surface area contributed by atoms with Crippen molar-refractivity contribution in [1.29, 1.82) is 0 Å². The summed E-state index contributed by atoms with van der Waals surface area (Å²) in [5.41, 5.74) is 3.75. The molecule has 0 radical (unpaired) electrons. The molecule has 0 bridgehead atoms. The molecule has 3 nitrogen and oxygen atoms in total. The minimum absolute atomic E-state index is 0.0123. The fraction of sp³-hybridized carbons (Fsp3) is 0.694. The quantitative estimate of drug-likeness (QED) is 0.121. The van der Waals surface area contributed by atoms with Crippen LogP contribution >= 0.6 is 0 Å². The summed E-state index contributed by atoms with van der Waals surface area (Å²) in [5.74, 6) is 4.85. The fourth-order valence-electron chi connectivity index (χ4n) is 5.74. The molecule has 2 heterocycles. The summed E-state index contributed by atoms with van der Waals surface area (Å²) in [6.07, 6.45) is 24.0. The number of fused-ring (bicyclic) bond motifs is 1. The molecular formula is C49H86O3. The van der Waals surface area contributed by atoms with Crippen LogP contribution in [-0.4, -0.2) is 28.7 Å². The maximum absolute atomic E-state index is 10.3. The molecule has 0 amide bonds. The Morgan fingerprint density at radius 1 is 0.712 bits per heavy atom. The molecule has 3 unspecified atom stereocenters. The van der Waals surface area contributed by atoms with Crippen molar-refractivity contribution in [3.8, 4) is 0 Å². The first-order valence-electron chi connectivity index (χ1n) is 20.2. The molecule has 0 aromatic carbocycles. The summed E-state index contributed by atoms with van der Waals surface area (Å²) in [6.45, 7) is 48.1. The molecule has 0 aromatic rings. The molecule has 52 heavy (non-hydrogen) atoms. The number of ketones is 1. The van der Waals surface area contributed by atoms with Crippen LogP contribution in [0.25, 0.3) is 0 Å². The number of rotatable bonds is 11. The molecule has 0 spiro atoms. The van der Waals surface area contributed by atoms with E-state index < -0.39 is 0 Å². The van der Waals surface area contributed by atoms with Crippen molar-refractivity contribution in [3.05, 3.63) is 84.6 Å². The fourth-order valence-corrected chi connectivity index (χ4v) is 5.74. The molecule has 0 aromatic heterocycles. The van der Waals surface area contributed by atoms with Gasteiger partial charge in [0.25, 0.3) is 0 Å². The van der Waals surface area contributed by atoms with Crippen LogP contribution in [0.5, 0.6) is 0 Å². The van der Waals surface area contributed by atoms with Gasteiger partial charge in [-0.3, -0.25) is 4.79 Å². The Morgan fingerprint density at radius 2 is 1.19 bits per heavy atom. The lowest BCUT2D eigenvalue weighted by Gasteiger charge is -2.30. The summed E-state index contributed by atoms with van der Waals surface area (Å²) in [4.78, 5) is 10.3. The zero-order valence-corrected chi connectivity index (χ0v) is 37.8. The van der Waals surface area contributed by atoms with Gasteiger partial charge in [0.15, 0.2) is 5.78 Å². The van der Waals surface area contributed by atoms with Crippen molar-refractivity contribution in [1.82, 2.24) is 0 Å². The largest absolute Gasteiger partial charge is 0.365 e.